The van der Waals surface area contributed by atoms with Crippen LogP contribution in [0.4, 0.5) is 10.1 Å². The summed E-state index contributed by atoms with van der Waals surface area (Å²) in [5.74, 6) is -1.64. The molecule has 4 aromatic rings. The molecule has 0 saturated carbocycles. The molecular weight excluding hydrogens is 648 g/mol. The van der Waals surface area contributed by atoms with Gasteiger partial charge < -0.3 is 10.2 Å². The van der Waals surface area contributed by atoms with Crippen LogP contribution in [0.2, 0.25) is 10.0 Å². The van der Waals surface area contributed by atoms with Crippen molar-refractivity contribution in [3.63, 3.8) is 0 Å². The van der Waals surface area contributed by atoms with Crippen LogP contribution < -0.4 is 9.62 Å². The highest BCUT2D eigenvalue weighted by Crippen LogP contribution is 2.29. The molecule has 11 heteroatoms. The Hall–Kier alpha value is -3.92. The first kappa shape index (κ1) is 34.9. The first-order valence-corrected chi connectivity index (χ1v) is 17.1. The smallest absolute Gasteiger partial charge is 0.264 e. The summed E-state index contributed by atoms with van der Waals surface area (Å²) in [5.41, 5.74) is 2.14. The SMILES string of the molecule is CCCCNC(=O)C(Cc1ccccc1)N(Cc1c(Cl)cccc1Cl)C(=O)CN(c1ccc(F)cc1)S(=O)(=O)c1ccc(C)cc1. The lowest BCUT2D eigenvalue weighted by Crippen LogP contribution is -2.53. The predicted octanol–water partition coefficient (Wildman–Crippen LogP) is 7.19. The van der Waals surface area contributed by atoms with Gasteiger partial charge >= 0.3 is 0 Å². The second-order valence-corrected chi connectivity index (χ2v) is 13.5. The summed E-state index contributed by atoms with van der Waals surface area (Å²) < 4.78 is 43.0. The number of aryl methyl sites for hydroxylation is 1. The lowest BCUT2D eigenvalue weighted by Gasteiger charge is -2.34. The molecule has 0 spiro atoms. The molecule has 0 aliphatic carbocycles. The van der Waals surface area contributed by atoms with Gasteiger partial charge in [0.1, 0.15) is 18.4 Å². The summed E-state index contributed by atoms with van der Waals surface area (Å²) in [6, 6.07) is 24.2. The molecule has 0 fully saturated rings. The molecule has 2 amide bonds. The largest absolute Gasteiger partial charge is 0.354 e. The lowest BCUT2D eigenvalue weighted by atomic mass is 10.0. The maximum absolute atomic E-state index is 14.5. The van der Waals surface area contributed by atoms with Crippen LogP contribution in [0.5, 0.6) is 0 Å². The van der Waals surface area contributed by atoms with Gasteiger partial charge in [-0.3, -0.25) is 13.9 Å². The molecule has 0 bridgehead atoms. The average Bonchev–Trinajstić information content (AvgIpc) is 3.04. The molecule has 1 unspecified atom stereocenters. The van der Waals surface area contributed by atoms with Crippen LogP contribution in [0.25, 0.3) is 0 Å². The van der Waals surface area contributed by atoms with Crippen molar-refractivity contribution in [2.24, 2.45) is 0 Å². The molecule has 0 aliphatic rings. The van der Waals surface area contributed by atoms with Crippen LogP contribution >= 0.6 is 23.2 Å². The second kappa shape index (κ2) is 16.1. The highest BCUT2D eigenvalue weighted by Gasteiger charge is 2.35. The van der Waals surface area contributed by atoms with Crippen molar-refractivity contribution in [3.8, 4) is 0 Å². The molecule has 1 N–H and O–H groups in total. The second-order valence-electron chi connectivity index (χ2n) is 10.9. The molecule has 4 aromatic carbocycles. The van der Waals surface area contributed by atoms with Gasteiger partial charge in [0.15, 0.2) is 0 Å². The summed E-state index contributed by atoms with van der Waals surface area (Å²) in [6.07, 6.45) is 1.74. The first-order valence-electron chi connectivity index (χ1n) is 14.9. The Bertz CT molecular complexity index is 1720. The summed E-state index contributed by atoms with van der Waals surface area (Å²) in [6.45, 7) is 3.38. The van der Waals surface area contributed by atoms with E-state index in [9.17, 15) is 22.4 Å². The van der Waals surface area contributed by atoms with E-state index in [1.165, 1.54) is 29.2 Å². The van der Waals surface area contributed by atoms with Crippen LogP contribution in [-0.4, -0.2) is 44.3 Å². The Labute approximate surface area is 280 Å². The van der Waals surface area contributed by atoms with E-state index >= 15 is 0 Å². The Morgan fingerprint density at radius 1 is 0.870 bits per heavy atom. The van der Waals surface area contributed by atoms with Crippen molar-refractivity contribution in [1.82, 2.24) is 10.2 Å². The first-order chi connectivity index (χ1) is 22.0. The summed E-state index contributed by atoms with van der Waals surface area (Å²) in [5, 5.41) is 3.51. The van der Waals surface area contributed by atoms with E-state index in [0.717, 1.165) is 40.4 Å². The zero-order chi connectivity index (χ0) is 33.3. The number of halogens is 3. The quantitative estimate of drug-likeness (QED) is 0.143. The van der Waals surface area contributed by atoms with E-state index in [0.29, 0.717) is 12.1 Å². The Kier molecular flexibility index (Phi) is 12.2. The number of amides is 2. The number of nitrogens with zero attached hydrogens (tertiary/aromatic N) is 2. The number of sulfonamides is 1. The van der Waals surface area contributed by atoms with Crippen molar-refractivity contribution < 1.29 is 22.4 Å². The predicted molar refractivity (Wildman–Crippen MR) is 181 cm³/mol. The number of rotatable bonds is 14. The Balaban J connectivity index is 1.82. The zero-order valence-electron chi connectivity index (χ0n) is 25.6. The van der Waals surface area contributed by atoms with Gasteiger partial charge in [-0.25, -0.2) is 12.8 Å². The third-order valence-corrected chi connectivity index (χ3v) is 9.99. The van der Waals surface area contributed by atoms with Gasteiger partial charge in [0.25, 0.3) is 10.0 Å². The van der Waals surface area contributed by atoms with E-state index in [1.807, 2.05) is 44.2 Å². The van der Waals surface area contributed by atoms with Gasteiger partial charge in [-0.15, -0.1) is 0 Å². The number of hydrogen-bond acceptors (Lipinski definition) is 4. The molecule has 7 nitrogen and oxygen atoms in total. The zero-order valence-corrected chi connectivity index (χ0v) is 28.0. The van der Waals surface area contributed by atoms with E-state index in [-0.39, 0.29) is 33.6 Å². The van der Waals surface area contributed by atoms with Crippen molar-refractivity contribution in [2.45, 2.75) is 50.6 Å². The van der Waals surface area contributed by atoms with Gasteiger partial charge in [-0.1, -0.05) is 90.6 Å². The van der Waals surface area contributed by atoms with E-state index in [2.05, 4.69) is 5.32 Å². The molecule has 1 atom stereocenters. The molecule has 46 heavy (non-hydrogen) atoms. The maximum atomic E-state index is 14.5. The van der Waals surface area contributed by atoms with Gasteiger partial charge in [-0.05, 0) is 67.4 Å². The van der Waals surface area contributed by atoms with Gasteiger partial charge in [0.2, 0.25) is 11.8 Å². The van der Waals surface area contributed by atoms with Crippen molar-refractivity contribution in [3.05, 3.63) is 130 Å². The number of benzene rings is 4. The fourth-order valence-electron chi connectivity index (χ4n) is 4.89. The summed E-state index contributed by atoms with van der Waals surface area (Å²) in [4.78, 5) is 29.6. The van der Waals surface area contributed by atoms with Crippen molar-refractivity contribution in [2.75, 3.05) is 17.4 Å². The highest BCUT2D eigenvalue weighted by molar-refractivity contribution is 7.92. The molecule has 0 aromatic heterocycles. The van der Waals surface area contributed by atoms with Crippen LogP contribution in [-0.2, 0) is 32.6 Å². The van der Waals surface area contributed by atoms with Crippen molar-refractivity contribution >= 4 is 50.7 Å². The average molecular weight is 685 g/mol. The minimum Gasteiger partial charge on any atom is -0.354 e. The number of carbonyl (C=O) groups is 2. The monoisotopic (exact) mass is 683 g/mol. The third kappa shape index (κ3) is 8.87. The number of anilines is 1. The molecule has 0 aliphatic heterocycles. The lowest BCUT2D eigenvalue weighted by molar-refractivity contribution is -0.140. The molecule has 242 valence electrons. The minimum atomic E-state index is -4.31. The molecular formula is C35H36Cl2FN3O4S. The fraction of sp³-hybridized carbons (Fsp3) is 0.257. The summed E-state index contributed by atoms with van der Waals surface area (Å²) in [7, 11) is -4.31. The number of nitrogens with one attached hydrogen (secondary N) is 1. The molecule has 0 heterocycles. The standard InChI is InChI=1S/C35H36Cl2FN3O4S/c1-3-4-21-39-35(43)33(22-26-9-6-5-7-10-26)40(23-30-31(36)11-8-12-32(30)37)34(42)24-41(28-17-15-27(38)16-18-28)46(44,45)29-19-13-25(2)14-20-29/h5-20,33H,3-4,21-24H2,1-2H3,(H,39,43). The molecule has 0 saturated heterocycles. The van der Waals surface area contributed by atoms with Crippen LogP contribution in [0, 0.1) is 12.7 Å². The van der Waals surface area contributed by atoms with Crippen LogP contribution in [0.3, 0.4) is 0 Å². The molecule has 4 rings (SSSR count). The normalized spacial score (nSPS) is 11.9. The Morgan fingerprint density at radius 2 is 1.50 bits per heavy atom. The Morgan fingerprint density at radius 3 is 2.11 bits per heavy atom. The number of carbonyl (C=O) groups excluding carboxylic acids is 2. The number of unbranched alkanes of at least 4 members (excludes halogenated alkanes) is 1. The van der Waals surface area contributed by atoms with E-state index in [1.54, 1.807) is 30.3 Å². The van der Waals surface area contributed by atoms with Crippen LogP contribution in [0.1, 0.15) is 36.5 Å². The van der Waals surface area contributed by atoms with Gasteiger partial charge in [0, 0.05) is 35.1 Å². The van der Waals surface area contributed by atoms with Crippen molar-refractivity contribution in [1.29, 1.82) is 0 Å². The van der Waals surface area contributed by atoms with Crippen LogP contribution in [0.15, 0.2) is 102 Å². The third-order valence-electron chi connectivity index (χ3n) is 7.49. The highest BCUT2D eigenvalue weighted by atomic mass is 35.5. The maximum Gasteiger partial charge on any atom is 0.264 e. The minimum absolute atomic E-state index is 0.0472. The van der Waals surface area contributed by atoms with E-state index in [4.69, 9.17) is 23.2 Å². The van der Waals surface area contributed by atoms with E-state index < -0.39 is 40.2 Å². The van der Waals surface area contributed by atoms with Gasteiger partial charge in [0.05, 0.1) is 10.6 Å². The fourth-order valence-corrected chi connectivity index (χ4v) is 6.82. The summed E-state index contributed by atoms with van der Waals surface area (Å²) >= 11 is 13.1. The number of hydrogen-bond donors (Lipinski definition) is 1. The van der Waals surface area contributed by atoms with Gasteiger partial charge in [-0.2, -0.15) is 0 Å². The topological polar surface area (TPSA) is 86.8 Å². The molecule has 0 radical (unpaired) electrons.